The monoisotopic (exact) mass is 538 g/mol. The van der Waals surface area contributed by atoms with Crippen LogP contribution in [-0.2, 0) is 30.7 Å². The first-order chi connectivity index (χ1) is 19.2. The molecule has 7 rings (SSSR count). The molecule has 2 aliphatic rings. The minimum atomic E-state index is -3.96. The van der Waals surface area contributed by atoms with Gasteiger partial charge in [0.25, 0.3) is 0 Å². The summed E-state index contributed by atoms with van der Waals surface area (Å²) in [5.74, 6) is 0. The van der Waals surface area contributed by atoms with Crippen LogP contribution in [0.25, 0.3) is 17.2 Å². The first-order valence-electron chi connectivity index (χ1n) is 14.2. The van der Waals surface area contributed by atoms with E-state index in [0.717, 1.165) is 15.9 Å². The van der Waals surface area contributed by atoms with E-state index in [4.69, 9.17) is 0 Å². The van der Waals surface area contributed by atoms with Gasteiger partial charge >= 0.3 is 234 Å². The van der Waals surface area contributed by atoms with Crippen LogP contribution in [0.2, 0.25) is 0 Å². The fraction of sp³-hybridized carbons (Fsp3) is 0.132. The molecule has 0 fully saturated rings. The van der Waals surface area contributed by atoms with E-state index >= 15 is 0 Å². The zero-order valence-corrected chi connectivity index (χ0v) is 24.1. The molecule has 1 atom stereocenters. The van der Waals surface area contributed by atoms with Gasteiger partial charge in [-0.3, -0.25) is 0 Å². The summed E-state index contributed by atoms with van der Waals surface area (Å²) in [6, 6.07) is 48.1. The molecule has 5 aromatic carbocycles. The molecule has 1 unspecified atom stereocenters. The molecule has 0 aromatic heterocycles. The van der Waals surface area contributed by atoms with E-state index in [1.165, 1.54) is 38.9 Å². The predicted octanol–water partition coefficient (Wildman–Crippen LogP) is 8.56. The van der Waals surface area contributed by atoms with Gasteiger partial charge in [-0.25, -0.2) is 0 Å². The van der Waals surface area contributed by atoms with Crippen LogP contribution in [0, 0.1) is 0 Å². The third kappa shape index (κ3) is 3.81. The Balaban J connectivity index is 1.59. The third-order valence-electron chi connectivity index (χ3n) is 9.77. The molecule has 0 bridgehead atoms. The zero-order valence-electron chi connectivity index (χ0n) is 22.6. The van der Waals surface area contributed by atoms with Crippen molar-refractivity contribution in [3.63, 3.8) is 0 Å². The maximum atomic E-state index is 2.77. The summed E-state index contributed by atoms with van der Waals surface area (Å²) in [6.07, 6.45) is 6.01. The van der Waals surface area contributed by atoms with Crippen LogP contribution in [0.4, 0.5) is 0 Å². The molecule has 39 heavy (non-hydrogen) atoms. The summed E-state index contributed by atoms with van der Waals surface area (Å²) in [7, 11) is 0. The van der Waals surface area contributed by atoms with Gasteiger partial charge in [-0.15, -0.1) is 0 Å². The number of hydrogen-bond donors (Lipinski definition) is 0. The number of fused-ring (bicyclic) bond motifs is 4. The molecule has 190 valence electrons. The number of allylic oxidation sites excluding steroid dienone is 1. The van der Waals surface area contributed by atoms with Crippen molar-refractivity contribution in [1.29, 1.82) is 0 Å². The van der Waals surface area contributed by atoms with E-state index in [2.05, 4.69) is 151 Å². The normalized spacial score (nSPS) is 15.5. The van der Waals surface area contributed by atoms with Gasteiger partial charge in [-0.1, -0.05) is 0 Å². The summed E-state index contributed by atoms with van der Waals surface area (Å²) in [4.78, 5) is 0. The summed E-state index contributed by atoms with van der Waals surface area (Å²) < 4.78 is 7.03. The maximum absolute atomic E-state index is 3.96. The molecule has 2 aliphatic carbocycles. The molecule has 0 N–H and O–H groups in total. The van der Waals surface area contributed by atoms with Gasteiger partial charge in [0, 0.05) is 0 Å². The van der Waals surface area contributed by atoms with E-state index in [1.807, 2.05) is 0 Å². The Kier molecular flexibility index (Phi) is 6.00. The molecular weight excluding hydrogens is 504 g/mol. The van der Waals surface area contributed by atoms with Crippen LogP contribution in [-0.4, -0.2) is 4.31 Å². The Morgan fingerprint density at radius 1 is 0.641 bits per heavy atom. The van der Waals surface area contributed by atoms with E-state index < -0.39 is 14.8 Å². The second kappa shape index (κ2) is 9.56. The number of rotatable bonds is 6. The molecule has 0 nitrogen and oxygen atoms in total. The molecule has 0 radical (unpaired) electrons. The van der Waals surface area contributed by atoms with Crippen molar-refractivity contribution in [2.45, 2.75) is 27.0 Å². The van der Waals surface area contributed by atoms with E-state index in [9.17, 15) is 0 Å². The summed E-state index contributed by atoms with van der Waals surface area (Å²) in [5.41, 5.74) is 11.7. The zero-order chi connectivity index (χ0) is 26.3. The first kappa shape index (κ1) is 24.5. The van der Waals surface area contributed by atoms with Crippen molar-refractivity contribution < 1.29 is 14.8 Å². The van der Waals surface area contributed by atoms with Gasteiger partial charge < -0.3 is 0 Å². The van der Waals surface area contributed by atoms with E-state index in [1.54, 1.807) is 9.43 Å². The minimum absolute atomic E-state index is 0.388. The Hall–Kier alpha value is -3.58. The molecule has 5 aromatic rings. The summed E-state index contributed by atoms with van der Waals surface area (Å²) in [5, 5.41) is 0. The van der Waals surface area contributed by atoms with Crippen molar-refractivity contribution in [3.8, 4) is 11.1 Å². The van der Waals surface area contributed by atoms with E-state index in [0.29, 0.717) is 4.22 Å². The molecule has 0 saturated heterocycles. The fourth-order valence-corrected chi connectivity index (χ4v) is 20.3. The second-order valence-electron chi connectivity index (χ2n) is 11.6. The van der Waals surface area contributed by atoms with Crippen molar-refractivity contribution in [1.82, 2.24) is 0 Å². The molecule has 1 heteroatoms. The van der Waals surface area contributed by atoms with Crippen molar-refractivity contribution in [2.24, 2.45) is 0 Å². The molecule has 0 amide bonds. The third-order valence-corrected chi connectivity index (χ3v) is 22.0. The first-order valence-corrected chi connectivity index (χ1v) is 19.0. The van der Waals surface area contributed by atoms with Crippen LogP contribution in [0.3, 0.4) is 0 Å². The fourth-order valence-electron chi connectivity index (χ4n) is 7.97. The van der Waals surface area contributed by atoms with Gasteiger partial charge in [0.2, 0.25) is 0 Å². The van der Waals surface area contributed by atoms with Crippen LogP contribution >= 0.6 is 0 Å². The van der Waals surface area contributed by atoms with Crippen molar-refractivity contribution >= 4 is 14.3 Å². The van der Waals surface area contributed by atoms with Crippen LogP contribution in [0.15, 0.2) is 133 Å². The Morgan fingerprint density at radius 2 is 1.26 bits per heavy atom. The SMILES string of the molecule is C[CH]=[Ti]([CH2]c1ccccc1)([CH2]c1ccccc1)([c]1cccc2c1Cc1ccccc1-2)[CH]1C=Cc2ccccc21. The number of hydrogen-bond acceptors (Lipinski definition) is 0. The van der Waals surface area contributed by atoms with Crippen molar-refractivity contribution in [2.75, 3.05) is 0 Å². The average Bonchev–Trinajstić information content (AvgIpc) is 3.60. The van der Waals surface area contributed by atoms with Gasteiger partial charge in [-0.05, 0) is 0 Å². The van der Waals surface area contributed by atoms with E-state index in [-0.39, 0.29) is 0 Å². The molecule has 0 heterocycles. The van der Waals surface area contributed by atoms with Gasteiger partial charge in [0.05, 0.1) is 0 Å². The van der Waals surface area contributed by atoms with Gasteiger partial charge in [0.15, 0.2) is 0 Å². The summed E-state index contributed by atoms with van der Waals surface area (Å²) in [6.45, 7) is 2.40. The van der Waals surface area contributed by atoms with Gasteiger partial charge in [-0.2, -0.15) is 0 Å². The average molecular weight is 539 g/mol. The van der Waals surface area contributed by atoms with Crippen molar-refractivity contribution in [3.05, 3.63) is 167 Å². The number of benzene rings is 5. The quantitative estimate of drug-likeness (QED) is 0.186. The Morgan fingerprint density at radius 3 is 1.97 bits per heavy atom. The molecule has 0 spiro atoms. The summed E-state index contributed by atoms with van der Waals surface area (Å²) >= 11 is -3.96. The van der Waals surface area contributed by atoms with Crippen LogP contribution in [0.1, 0.15) is 44.5 Å². The predicted molar refractivity (Wildman–Crippen MR) is 165 cm³/mol. The molecule has 0 aliphatic heterocycles. The van der Waals surface area contributed by atoms with Crippen LogP contribution in [0.5, 0.6) is 0 Å². The Bertz CT molecular complexity index is 1730. The molecule has 0 saturated carbocycles. The Labute approximate surface area is 233 Å². The topological polar surface area (TPSA) is 0 Å². The standard InChI is InChI=1S/C13H9.C9H7.2C7H7.C2H4.Ti/c1-3-7-12-10(5-1)9-11-6-2-4-8-13(11)12;1-2-5-9-7-3-6-8(9)4-1;2*1-7-5-3-2-4-6-7;1-2;/h1-5,7-8H,9H2;1-7H;2*2-6H,1H2;1H,2H3;. The molecular formula is C38H34Ti. The van der Waals surface area contributed by atoms with Crippen LogP contribution < -0.4 is 3.87 Å². The second-order valence-corrected chi connectivity index (χ2v) is 21.3. The van der Waals surface area contributed by atoms with Gasteiger partial charge in [0.1, 0.15) is 0 Å².